The summed E-state index contributed by atoms with van der Waals surface area (Å²) >= 11 is 5.95. The molecule has 0 heterocycles. The molecule has 0 fully saturated rings. The summed E-state index contributed by atoms with van der Waals surface area (Å²) < 4.78 is 9.96. The first kappa shape index (κ1) is 13.8. The molecule has 4 heteroatoms. The second kappa shape index (κ2) is 5.92. The zero-order valence-corrected chi connectivity index (χ0v) is 11.2. The fourth-order valence-corrected chi connectivity index (χ4v) is 1.98. The molecule has 94 valence electrons. The van der Waals surface area contributed by atoms with E-state index in [1.54, 1.807) is 19.2 Å². The monoisotopic (exact) mass is 256 g/mol. The first-order valence-corrected chi connectivity index (χ1v) is 5.80. The number of hydrogen-bond donors (Lipinski definition) is 0. The van der Waals surface area contributed by atoms with Crippen molar-refractivity contribution < 1.29 is 14.3 Å². The van der Waals surface area contributed by atoms with Crippen LogP contribution in [0.3, 0.4) is 0 Å². The number of benzene rings is 1. The lowest BCUT2D eigenvalue weighted by Crippen LogP contribution is -2.19. The van der Waals surface area contributed by atoms with Crippen LogP contribution in [0.25, 0.3) is 0 Å². The highest BCUT2D eigenvalue weighted by atomic mass is 35.5. The lowest BCUT2D eigenvalue weighted by Gasteiger charge is -2.19. The van der Waals surface area contributed by atoms with E-state index in [-0.39, 0.29) is 17.8 Å². The average Bonchev–Trinajstić information content (AvgIpc) is 2.30. The number of ether oxygens (including phenoxy) is 2. The number of rotatable bonds is 4. The van der Waals surface area contributed by atoms with Crippen molar-refractivity contribution in [1.29, 1.82) is 0 Å². The number of halogens is 1. The van der Waals surface area contributed by atoms with E-state index >= 15 is 0 Å². The Balaban J connectivity index is 3.15. The number of carbonyl (C=O) groups is 1. The first-order valence-electron chi connectivity index (χ1n) is 5.42. The van der Waals surface area contributed by atoms with Crippen molar-refractivity contribution in [3.63, 3.8) is 0 Å². The Morgan fingerprint density at radius 1 is 1.29 bits per heavy atom. The summed E-state index contributed by atoms with van der Waals surface area (Å²) in [6.45, 7) is 3.95. The third-order valence-corrected chi connectivity index (χ3v) is 2.97. The fourth-order valence-electron chi connectivity index (χ4n) is 1.79. The zero-order chi connectivity index (χ0) is 13.0. The molecule has 0 N–H and O–H groups in total. The molecule has 0 bridgehead atoms. The Morgan fingerprint density at radius 3 is 2.41 bits per heavy atom. The molecule has 1 aromatic rings. The lowest BCUT2D eigenvalue weighted by molar-refractivity contribution is -0.143. The molecule has 1 aromatic carbocycles. The van der Waals surface area contributed by atoms with Gasteiger partial charge >= 0.3 is 5.97 Å². The molecule has 17 heavy (non-hydrogen) atoms. The van der Waals surface area contributed by atoms with Crippen LogP contribution in [-0.2, 0) is 9.53 Å². The molecular weight excluding hydrogens is 240 g/mol. The van der Waals surface area contributed by atoms with E-state index in [2.05, 4.69) is 0 Å². The lowest BCUT2D eigenvalue weighted by atomic mass is 9.88. The molecule has 0 aliphatic heterocycles. The minimum atomic E-state index is -0.300. The number of hydrogen-bond acceptors (Lipinski definition) is 3. The normalized spacial score (nSPS) is 12.4. The van der Waals surface area contributed by atoms with Crippen LogP contribution in [0.2, 0.25) is 5.02 Å². The van der Waals surface area contributed by atoms with Crippen LogP contribution in [0.4, 0.5) is 0 Å². The van der Waals surface area contributed by atoms with Gasteiger partial charge in [0, 0.05) is 0 Å². The summed E-state index contributed by atoms with van der Waals surface area (Å²) in [6.07, 6.45) is 0. The second-order valence-electron chi connectivity index (χ2n) is 4.14. The predicted molar refractivity (Wildman–Crippen MR) is 67.6 cm³/mol. The van der Waals surface area contributed by atoms with E-state index in [4.69, 9.17) is 21.1 Å². The molecule has 0 spiro atoms. The Labute approximate surface area is 107 Å². The van der Waals surface area contributed by atoms with Crippen molar-refractivity contribution in [2.45, 2.75) is 19.8 Å². The van der Waals surface area contributed by atoms with Crippen molar-refractivity contribution in [3.05, 3.63) is 28.8 Å². The van der Waals surface area contributed by atoms with Gasteiger partial charge in [-0.1, -0.05) is 31.5 Å². The molecule has 3 nitrogen and oxygen atoms in total. The van der Waals surface area contributed by atoms with Crippen molar-refractivity contribution >= 4 is 17.6 Å². The molecule has 1 unspecified atom stereocenters. The maximum atomic E-state index is 11.7. The van der Waals surface area contributed by atoms with Gasteiger partial charge in [0.15, 0.2) is 0 Å². The van der Waals surface area contributed by atoms with Crippen molar-refractivity contribution in [1.82, 2.24) is 0 Å². The summed E-state index contributed by atoms with van der Waals surface area (Å²) in [4.78, 5) is 11.7. The van der Waals surface area contributed by atoms with Gasteiger partial charge in [-0.2, -0.15) is 0 Å². The smallest absolute Gasteiger partial charge is 0.313 e. The highest BCUT2D eigenvalue weighted by molar-refractivity contribution is 6.32. The fraction of sp³-hybridized carbons (Fsp3) is 0.462. The average molecular weight is 257 g/mol. The summed E-state index contributed by atoms with van der Waals surface area (Å²) in [5, 5.41) is 0.531. The van der Waals surface area contributed by atoms with Crippen LogP contribution in [0.1, 0.15) is 25.3 Å². The summed E-state index contributed by atoms with van der Waals surface area (Å²) in [5.41, 5.74) is 0.855. The largest absolute Gasteiger partial charge is 0.495 e. The third-order valence-electron chi connectivity index (χ3n) is 2.66. The van der Waals surface area contributed by atoms with Gasteiger partial charge in [0.2, 0.25) is 0 Å². The van der Waals surface area contributed by atoms with Gasteiger partial charge in [0.05, 0.1) is 25.2 Å². The topological polar surface area (TPSA) is 35.5 Å². The Bertz CT molecular complexity index is 402. The standard InChI is InChI=1S/C13H17ClO3/c1-8(2)12(13(15)17-4)9-5-6-10(14)11(7-9)16-3/h5-8,12H,1-4H3. The minimum Gasteiger partial charge on any atom is -0.495 e. The molecule has 0 aliphatic rings. The molecule has 0 saturated heterocycles. The Kier molecular flexibility index (Phi) is 4.82. The SMILES string of the molecule is COC(=O)C(c1ccc(Cl)c(OC)c1)C(C)C. The van der Waals surface area contributed by atoms with E-state index in [9.17, 15) is 4.79 Å². The molecular formula is C13H17ClO3. The van der Waals surface area contributed by atoms with Gasteiger partial charge in [-0.25, -0.2) is 0 Å². The summed E-state index contributed by atoms with van der Waals surface area (Å²) in [5.74, 6) is 0.169. The van der Waals surface area contributed by atoms with Crippen LogP contribution < -0.4 is 4.74 Å². The van der Waals surface area contributed by atoms with Gasteiger partial charge in [0.25, 0.3) is 0 Å². The van der Waals surface area contributed by atoms with Gasteiger partial charge in [-0.3, -0.25) is 4.79 Å². The van der Waals surface area contributed by atoms with Crippen LogP contribution in [0.15, 0.2) is 18.2 Å². The predicted octanol–water partition coefficient (Wildman–Crippen LogP) is 3.26. The van der Waals surface area contributed by atoms with Crippen molar-refractivity contribution in [2.75, 3.05) is 14.2 Å². The summed E-state index contributed by atoms with van der Waals surface area (Å²) in [7, 11) is 2.94. The van der Waals surface area contributed by atoms with Gasteiger partial charge in [0.1, 0.15) is 5.75 Å². The van der Waals surface area contributed by atoms with E-state index in [0.29, 0.717) is 10.8 Å². The maximum Gasteiger partial charge on any atom is 0.313 e. The Morgan fingerprint density at radius 2 is 1.94 bits per heavy atom. The summed E-state index contributed by atoms with van der Waals surface area (Å²) in [6, 6.07) is 5.34. The van der Waals surface area contributed by atoms with Crippen molar-refractivity contribution in [2.24, 2.45) is 5.92 Å². The quantitative estimate of drug-likeness (QED) is 0.776. The van der Waals surface area contributed by atoms with E-state index in [1.807, 2.05) is 19.9 Å². The molecule has 0 amide bonds. The maximum absolute atomic E-state index is 11.7. The third kappa shape index (κ3) is 3.13. The highest BCUT2D eigenvalue weighted by Gasteiger charge is 2.25. The number of esters is 1. The van der Waals surface area contributed by atoms with E-state index < -0.39 is 0 Å². The van der Waals surface area contributed by atoms with Gasteiger partial charge in [-0.05, 0) is 23.6 Å². The minimum absolute atomic E-state index is 0.147. The first-order chi connectivity index (χ1) is 8.01. The number of methoxy groups -OCH3 is 2. The van der Waals surface area contributed by atoms with Crippen LogP contribution in [0, 0.1) is 5.92 Å². The molecule has 0 saturated carbocycles. The molecule has 1 atom stereocenters. The van der Waals surface area contributed by atoms with Gasteiger partial charge in [-0.15, -0.1) is 0 Å². The molecule has 1 rings (SSSR count). The number of carbonyl (C=O) groups excluding carboxylic acids is 1. The second-order valence-corrected chi connectivity index (χ2v) is 4.55. The molecule has 0 aliphatic carbocycles. The van der Waals surface area contributed by atoms with Crippen molar-refractivity contribution in [3.8, 4) is 5.75 Å². The highest BCUT2D eigenvalue weighted by Crippen LogP contribution is 2.32. The van der Waals surface area contributed by atoms with E-state index in [1.165, 1.54) is 7.11 Å². The molecule has 0 radical (unpaired) electrons. The van der Waals surface area contributed by atoms with Crippen LogP contribution in [0.5, 0.6) is 5.75 Å². The zero-order valence-electron chi connectivity index (χ0n) is 10.5. The Hall–Kier alpha value is -1.22. The van der Waals surface area contributed by atoms with Crippen LogP contribution >= 0.6 is 11.6 Å². The van der Waals surface area contributed by atoms with Crippen LogP contribution in [-0.4, -0.2) is 20.2 Å². The van der Waals surface area contributed by atoms with E-state index in [0.717, 1.165) is 5.56 Å². The van der Waals surface area contributed by atoms with Gasteiger partial charge < -0.3 is 9.47 Å². The molecule has 0 aromatic heterocycles.